The van der Waals surface area contributed by atoms with E-state index in [9.17, 15) is 9.50 Å². The molecule has 0 aromatic heterocycles. The molecule has 0 spiro atoms. The van der Waals surface area contributed by atoms with Crippen molar-refractivity contribution in [3.63, 3.8) is 0 Å². The molecule has 1 heterocycles. The number of aliphatic hydroxyl groups excluding tert-OH is 1. The minimum absolute atomic E-state index is 0.0636. The first kappa shape index (κ1) is 14.2. The number of fused-ring (bicyclic) bond motifs is 1. The van der Waals surface area contributed by atoms with Crippen LogP contribution in [0.1, 0.15) is 23.7 Å². The SMILES string of the molecule is OC(c1ccc2c(c1)OCCCO2)c1c(F)cccc1Cl. The van der Waals surface area contributed by atoms with Crippen LogP contribution >= 0.6 is 11.6 Å². The van der Waals surface area contributed by atoms with E-state index < -0.39 is 11.9 Å². The minimum Gasteiger partial charge on any atom is -0.490 e. The molecule has 1 N–H and O–H groups in total. The fraction of sp³-hybridized carbons (Fsp3) is 0.250. The summed E-state index contributed by atoms with van der Waals surface area (Å²) in [7, 11) is 0. The molecule has 0 aliphatic carbocycles. The van der Waals surface area contributed by atoms with Gasteiger partial charge in [-0.05, 0) is 29.8 Å². The molecule has 3 rings (SSSR count). The molecule has 0 fully saturated rings. The number of hydrogen-bond donors (Lipinski definition) is 1. The van der Waals surface area contributed by atoms with Gasteiger partial charge in [-0.3, -0.25) is 0 Å². The summed E-state index contributed by atoms with van der Waals surface area (Å²) in [5, 5.41) is 10.6. The molecule has 1 unspecified atom stereocenters. The third kappa shape index (κ3) is 2.82. The van der Waals surface area contributed by atoms with Gasteiger partial charge >= 0.3 is 0 Å². The van der Waals surface area contributed by atoms with E-state index in [1.165, 1.54) is 12.1 Å². The average molecular weight is 309 g/mol. The lowest BCUT2D eigenvalue weighted by Crippen LogP contribution is -2.04. The Bertz CT molecular complexity index is 640. The van der Waals surface area contributed by atoms with Crippen LogP contribution in [0.25, 0.3) is 0 Å². The van der Waals surface area contributed by atoms with Gasteiger partial charge in [-0.1, -0.05) is 23.7 Å². The summed E-state index contributed by atoms with van der Waals surface area (Å²) in [6.07, 6.45) is -0.359. The molecule has 0 saturated carbocycles. The highest BCUT2D eigenvalue weighted by molar-refractivity contribution is 6.31. The molecule has 1 aliphatic heterocycles. The van der Waals surface area contributed by atoms with Gasteiger partial charge in [-0.2, -0.15) is 0 Å². The van der Waals surface area contributed by atoms with Crippen LogP contribution in [-0.2, 0) is 0 Å². The molecule has 0 bridgehead atoms. The second-order valence-corrected chi connectivity index (χ2v) is 5.20. The molecule has 0 radical (unpaired) electrons. The first-order chi connectivity index (χ1) is 10.2. The van der Waals surface area contributed by atoms with Gasteiger partial charge in [0.2, 0.25) is 0 Å². The summed E-state index contributed by atoms with van der Waals surface area (Å²) < 4.78 is 25.0. The van der Waals surface area contributed by atoms with E-state index in [2.05, 4.69) is 0 Å². The van der Waals surface area contributed by atoms with Gasteiger partial charge < -0.3 is 14.6 Å². The first-order valence-corrected chi connectivity index (χ1v) is 7.06. The van der Waals surface area contributed by atoms with Crippen molar-refractivity contribution < 1.29 is 19.0 Å². The maximum absolute atomic E-state index is 13.9. The molecule has 0 saturated heterocycles. The fourth-order valence-corrected chi connectivity index (χ4v) is 2.55. The Morgan fingerprint density at radius 2 is 1.86 bits per heavy atom. The van der Waals surface area contributed by atoms with E-state index >= 15 is 0 Å². The Labute approximate surface area is 126 Å². The monoisotopic (exact) mass is 308 g/mol. The minimum atomic E-state index is -1.16. The van der Waals surface area contributed by atoms with Crippen LogP contribution in [0.15, 0.2) is 36.4 Å². The standard InChI is InChI=1S/C16H14ClFO3/c17-11-3-1-4-12(18)15(11)16(19)10-5-6-13-14(9-10)21-8-2-7-20-13/h1,3-6,9,16,19H,2,7-8H2. The highest BCUT2D eigenvalue weighted by atomic mass is 35.5. The van der Waals surface area contributed by atoms with Crippen molar-refractivity contribution >= 4 is 11.6 Å². The Kier molecular flexibility index (Phi) is 3.99. The maximum atomic E-state index is 13.9. The summed E-state index contributed by atoms with van der Waals surface area (Å²) in [4.78, 5) is 0. The van der Waals surface area contributed by atoms with Gasteiger partial charge in [0.05, 0.1) is 13.2 Å². The Hall–Kier alpha value is -1.78. The smallest absolute Gasteiger partial charge is 0.161 e. The zero-order valence-corrected chi connectivity index (χ0v) is 11.9. The largest absolute Gasteiger partial charge is 0.490 e. The van der Waals surface area contributed by atoms with Crippen LogP contribution in [-0.4, -0.2) is 18.3 Å². The van der Waals surface area contributed by atoms with Crippen molar-refractivity contribution in [1.82, 2.24) is 0 Å². The molecule has 110 valence electrons. The van der Waals surface area contributed by atoms with E-state index in [4.69, 9.17) is 21.1 Å². The van der Waals surface area contributed by atoms with Gasteiger partial charge in [-0.15, -0.1) is 0 Å². The Morgan fingerprint density at radius 1 is 1.10 bits per heavy atom. The summed E-state index contributed by atoms with van der Waals surface area (Å²) >= 11 is 5.99. The lowest BCUT2D eigenvalue weighted by molar-refractivity contribution is 0.214. The molecular formula is C16H14ClFO3. The summed E-state index contributed by atoms with van der Waals surface area (Å²) in [6.45, 7) is 1.14. The molecule has 2 aromatic rings. The highest BCUT2D eigenvalue weighted by Crippen LogP contribution is 2.36. The van der Waals surface area contributed by atoms with Gasteiger partial charge in [0.1, 0.15) is 11.9 Å². The van der Waals surface area contributed by atoms with Crippen molar-refractivity contribution in [1.29, 1.82) is 0 Å². The molecule has 2 aromatic carbocycles. The third-order valence-corrected chi connectivity index (χ3v) is 3.69. The number of rotatable bonds is 2. The van der Waals surface area contributed by atoms with Crippen molar-refractivity contribution in [2.24, 2.45) is 0 Å². The van der Waals surface area contributed by atoms with E-state index in [0.29, 0.717) is 30.3 Å². The van der Waals surface area contributed by atoms with E-state index in [-0.39, 0.29) is 10.6 Å². The van der Waals surface area contributed by atoms with Gasteiger partial charge in [-0.25, -0.2) is 4.39 Å². The molecular weight excluding hydrogens is 295 g/mol. The Morgan fingerprint density at radius 3 is 2.62 bits per heavy atom. The molecule has 3 nitrogen and oxygen atoms in total. The van der Waals surface area contributed by atoms with E-state index in [0.717, 1.165) is 6.42 Å². The highest BCUT2D eigenvalue weighted by Gasteiger charge is 2.20. The van der Waals surface area contributed by atoms with Crippen LogP contribution in [0.4, 0.5) is 4.39 Å². The van der Waals surface area contributed by atoms with Crippen LogP contribution in [0, 0.1) is 5.82 Å². The van der Waals surface area contributed by atoms with Gasteiger partial charge in [0.25, 0.3) is 0 Å². The van der Waals surface area contributed by atoms with Crippen molar-refractivity contribution in [3.8, 4) is 11.5 Å². The average Bonchev–Trinajstić information content (AvgIpc) is 2.71. The number of hydrogen-bond acceptors (Lipinski definition) is 3. The second-order valence-electron chi connectivity index (χ2n) is 4.79. The summed E-state index contributed by atoms with van der Waals surface area (Å²) in [5.74, 6) is 0.640. The van der Waals surface area contributed by atoms with Crippen LogP contribution in [0.5, 0.6) is 11.5 Å². The van der Waals surface area contributed by atoms with Crippen molar-refractivity contribution in [2.75, 3.05) is 13.2 Å². The van der Waals surface area contributed by atoms with E-state index in [1.54, 1.807) is 24.3 Å². The van der Waals surface area contributed by atoms with Gasteiger partial charge in [0, 0.05) is 17.0 Å². The number of benzene rings is 2. The normalized spacial score (nSPS) is 15.4. The lowest BCUT2D eigenvalue weighted by Gasteiger charge is -2.16. The molecule has 21 heavy (non-hydrogen) atoms. The topological polar surface area (TPSA) is 38.7 Å². The molecule has 5 heteroatoms. The second kappa shape index (κ2) is 5.92. The summed E-state index contributed by atoms with van der Waals surface area (Å²) in [5.41, 5.74) is 0.569. The maximum Gasteiger partial charge on any atom is 0.161 e. The van der Waals surface area contributed by atoms with Crippen LogP contribution in [0.2, 0.25) is 5.02 Å². The number of aliphatic hydroxyl groups is 1. The van der Waals surface area contributed by atoms with Crippen LogP contribution < -0.4 is 9.47 Å². The summed E-state index contributed by atoms with van der Waals surface area (Å²) in [6, 6.07) is 9.38. The lowest BCUT2D eigenvalue weighted by atomic mass is 10.0. The zero-order chi connectivity index (χ0) is 14.8. The molecule has 1 aliphatic rings. The van der Waals surface area contributed by atoms with Gasteiger partial charge in [0.15, 0.2) is 11.5 Å². The zero-order valence-electron chi connectivity index (χ0n) is 11.2. The predicted octanol–water partition coefficient (Wildman–Crippen LogP) is 3.72. The quantitative estimate of drug-likeness (QED) is 0.919. The van der Waals surface area contributed by atoms with Crippen LogP contribution in [0.3, 0.4) is 0 Å². The van der Waals surface area contributed by atoms with Crippen molar-refractivity contribution in [3.05, 3.63) is 58.4 Å². The number of halogens is 2. The third-order valence-electron chi connectivity index (χ3n) is 3.36. The Balaban J connectivity index is 1.98. The molecule has 0 amide bonds. The fourth-order valence-electron chi connectivity index (χ4n) is 2.29. The van der Waals surface area contributed by atoms with Crippen molar-refractivity contribution in [2.45, 2.75) is 12.5 Å². The number of ether oxygens (including phenoxy) is 2. The van der Waals surface area contributed by atoms with E-state index in [1.807, 2.05) is 0 Å². The molecule has 1 atom stereocenters. The predicted molar refractivity (Wildman–Crippen MR) is 77.5 cm³/mol. The first-order valence-electron chi connectivity index (χ1n) is 6.68.